The molecule has 0 aromatic heterocycles. The minimum Gasteiger partial charge on any atom is -0.465 e. The van der Waals surface area contributed by atoms with Crippen LogP contribution in [0.3, 0.4) is 0 Å². The van der Waals surface area contributed by atoms with Crippen molar-refractivity contribution in [2.75, 3.05) is 23.8 Å². The average molecular weight is 556 g/mol. The van der Waals surface area contributed by atoms with Crippen molar-refractivity contribution >= 4 is 56.7 Å². The molecule has 2 aromatic carbocycles. The van der Waals surface area contributed by atoms with Gasteiger partial charge in [-0.25, -0.2) is 0 Å². The standard InChI is InChI=1S/C25H20BrClN4O4/c1-2-35-22(34)23(12-28)19-4-3-9-31(19)25(16-10-13(26)5-7-18(16)30-21(25)33)24(23)15-11-14(27)6-8-17(15)29-20(24)32/h5-8,10-11,19H,2-4,9H2,1H3,(H,29,32)(H,30,33)/t19?,23-,24+,25-/m1/s1. The summed E-state index contributed by atoms with van der Waals surface area (Å²) in [7, 11) is 0. The summed E-state index contributed by atoms with van der Waals surface area (Å²) in [6, 6.07) is 11.7. The number of carbonyl (C=O) groups is 3. The third-order valence-electron chi connectivity index (χ3n) is 8.01. The van der Waals surface area contributed by atoms with Crippen LogP contribution in [-0.4, -0.2) is 41.9 Å². The van der Waals surface area contributed by atoms with Gasteiger partial charge in [0.25, 0.3) is 5.91 Å². The Morgan fingerprint density at radius 1 is 1.20 bits per heavy atom. The first-order chi connectivity index (χ1) is 16.8. The van der Waals surface area contributed by atoms with E-state index in [1.807, 2.05) is 4.90 Å². The van der Waals surface area contributed by atoms with Gasteiger partial charge >= 0.3 is 5.97 Å². The Kier molecular flexibility index (Phi) is 4.69. The van der Waals surface area contributed by atoms with Crippen molar-refractivity contribution in [1.29, 1.82) is 5.26 Å². The number of amides is 2. The van der Waals surface area contributed by atoms with E-state index in [1.54, 1.807) is 43.3 Å². The van der Waals surface area contributed by atoms with E-state index < -0.39 is 40.2 Å². The summed E-state index contributed by atoms with van der Waals surface area (Å²) in [5.41, 5.74) is -3.78. The Bertz CT molecular complexity index is 1390. The minimum absolute atomic E-state index is 0.0242. The fourth-order valence-corrected chi connectivity index (χ4v) is 7.58. The van der Waals surface area contributed by atoms with Crippen molar-refractivity contribution in [2.45, 2.75) is 36.8 Å². The summed E-state index contributed by atoms with van der Waals surface area (Å²) >= 11 is 9.93. The van der Waals surface area contributed by atoms with Gasteiger partial charge in [0.15, 0.2) is 5.41 Å². The maximum absolute atomic E-state index is 14.4. The van der Waals surface area contributed by atoms with Crippen LogP contribution in [0.25, 0.3) is 0 Å². The number of hydrogen-bond donors (Lipinski definition) is 2. The summed E-state index contributed by atoms with van der Waals surface area (Å²) in [6.45, 7) is 2.11. The minimum atomic E-state index is -2.00. The van der Waals surface area contributed by atoms with Gasteiger partial charge < -0.3 is 15.4 Å². The van der Waals surface area contributed by atoms with Crippen LogP contribution in [-0.2, 0) is 30.1 Å². The highest BCUT2D eigenvalue weighted by Gasteiger charge is 2.88. The van der Waals surface area contributed by atoms with Crippen molar-refractivity contribution in [2.24, 2.45) is 5.41 Å². The van der Waals surface area contributed by atoms with Crippen molar-refractivity contribution in [3.8, 4) is 6.07 Å². The molecule has 2 amide bonds. The van der Waals surface area contributed by atoms with Crippen LogP contribution < -0.4 is 10.6 Å². The lowest BCUT2D eigenvalue weighted by atomic mass is 9.51. The zero-order chi connectivity index (χ0) is 24.8. The summed E-state index contributed by atoms with van der Waals surface area (Å²) in [6.07, 6.45) is 1.11. The summed E-state index contributed by atoms with van der Waals surface area (Å²) in [4.78, 5) is 44.4. The first-order valence-electron chi connectivity index (χ1n) is 11.4. The Balaban J connectivity index is 1.84. The van der Waals surface area contributed by atoms with E-state index in [9.17, 15) is 19.6 Å². The topological polar surface area (TPSA) is 112 Å². The second-order valence-corrected chi connectivity index (χ2v) is 10.6. The monoisotopic (exact) mass is 554 g/mol. The third kappa shape index (κ3) is 2.29. The second kappa shape index (κ2) is 7.29. The van der Waals surface area contributed by atoms with Crippen LogP contribution in [0, 0.1) is 16.7 Å². The maximum Gasteiger partial charge on any atom is 0.329 e. The summed E-state index contributed by atoms with van der Waals surface area (Å²) in [5, 5.41) is 17.0. The number of nitriles is 1. The first kappa shape index (κ1) is 22.5. The molecule has 2 aromatic rings. The molecular formula is C25H20BrClN4O4. The smallest absolute Gasteiger partial charge is 0.329 e. The van der Waals surface area contributed by atoms with Gasteiger partial charge in [0.1, 0.15) is 11.0 Å². The summed E-state index contributed by atoms with van der Waals surface area (Å²) < 4.78 is 6.22. The van der Waals surface area contributed by atoms with Crippen LogP contribution >= 0.6 is 27.5 Å². The number of nitrogens with one attached hydrogen (secondary N) is 2. The molecule has 4 aliphatic heterocycles. The van der Waals surface area contributed by atoms with E-state index in [0.717, 1.165) is 0 Å². The van der Waals surface area contributed by atoms with Gasteiger partial charge in [0.2, 0.25) is 5.91 Å². The van der Waals surface area contributed by atoms with E-state index in [4.69, 9.17) is 16.3 Å². The molecule has 4 heterocycles. The molecular weight excluding hydrogens is 536 g/mol. The molecule has 2 fully saturated rings. The number of hydrogen-bond acceptors (Lipinski definition) is 6. The zero-order valence-electron chi connectivity index (χ0n) is 18.7. The van der Waals surface area contributed by atoms with E-state index in [-0.39, 0.29) is 6.61 Å². The Morgan fingerprint density at radius 3 is 2.66 bits per heavy atom. The fraction of sp³-hybridized carbons (Fsp3) is 0.360. The number of anilines is 2. The lowest BCUT2D eigenvalue weighted by Gasteiger charge is -2.45. The molecule has 8 nitrogen and oxygen atoms in total. The number of rotatable bonds is 2. The van der Waals surface area contributed by atoms with Gasteiger partial charge in [-0.1, -0.05) is 27.5 Å². The molecule has 178 valence electrons. The van der Waals surface area contributed by atoms with Crippen molar-refractivity contribution < 1.29 is 19.1 Å². The van der Waals surface area contributed by atoms with Crippen molar-refractivity contribution in [3.63, 3.8) is 0 Å². The van der Waals surface area contributed by atoms with Crippen LogP contribution in [0.5, 0.6) is 0 Å². The van der Waals surface area contributed by atoms with Crippen molar-refractivity contribution in [1.82, 2.24) is 4.90 Å². The molecule has 0 aliphatic carbocycles. The highest BCUT2D eigenvalue weighted by Crippen LogP contribution is 2.72. The first-order valence-corrected chi connectivity index (χ1v) is 12.6. The van der Waals surface area contributed by atoms with Gasteiger partial charge in [-0.3, -0.25) is 19.3 Å². The number of ether oxygens (including phenoxy) is 1. The quantitative estimate of drug-likeness (QED) is 0.547. The average Bonchev–Trinajstić information content (AvgIpc) is 3.53. The highest BCUT2D eigenvalue weighted by atomic mass is 79.9. The molecule has 0 bridgehead atoms. The molecule has 0 radical (unpaired) electrons. The second-order valence-electron chi connectivity index (χ2n) is 9.24. The molecule has 35 heavy (non-hydrogen) atoms. The van der Waals surface area contributed by atoms with Crippen LogP contribution in [0.1, 0.15) is 30.9 Å². The highest BCUT2D eigenvalue weighted by molar-refractivity contribution is 9.10. The molecule has 4 atom stereocenters. The molecule has 1 unspecified atom stereocenters. The Labute approximate surface area is 214 Å². The maximum atomic E-state index is 14.4. The van der Waals surface area contributed by atoms with Gasteiger partial charge in [-0.05, 0) is 68.3 Å². The molecule has 4 aliphatic rings. The SMILES string of the molecule is CCOC(=O)[C@@]1(C#N)C2CCCN2[C@]2(C(=O)Nc3ccc(Br)cc32)[C@@]12C(=O)Nc1ccc(Cl)cc12. The number of nitrogens with zero attached hydrogens (tertiary/aromatic N) is 2. The van der Waals surface area contributed by atoms with Gasteiger partial charge in [-0.2, -0.15) is 5.26 Å². The van der Waals surface area contributed by atoms with Crippen LogP contribution in [0.4, 0.5) is 11.4 Å². The predicted molar refractivity (Wildman–Crippen MR) is 131 cm³/mol. The van der Waals surface area contributed by atoms with Crippen LogP contribution in [0.15, 0.2) is 40.9 Å². The van der Waals surface area contributed by atoms with Gasteiger partial charge in [0.05, 0.1) is 12.7 Å². The van der Waals surface area contributed by atoms with E-state index in [0.29, 0.717) is 51.4 Å². The number of halogens is 2. The molecule has 6 rings (SSSR count). The third-order valence-corrected chi connectivity index (χ3v) is 8.74. The van der Waals surface area contributed by atoms with Crippen LogP contribution in [0.2, 0.25) is 5.02 Å². The van der Waals surface area contributed by atoms with Gasteiger partial charge in [-0.15, -0.1) is 0 Å². The Hall–Kier alpha value is -2.93. The molecule has 0 saturated carbocycles. The normalized spacial score (nSPS) is 32.2. The number of carbonyl (C=O) groups excluding carboxylic acids is 3. The lowest BCUT2D eigenvalue weighted by molar-refractivity contribution is -0.159. The molecule has 2 saturated heterocycles. The van der Waals surface area contributed by atoms with Crippen molar-refractivity contribution in [3.05, 3.63) is 57.0 Å². The molecule has 2 spiro atoms. The van der Waals surface area contributed by atoms with Gasteiger partial charge in [0, 0.05) is 32.5 Å². The summed E-state index contributed by atoms with van der Waals surface area (Å²) in [5.74, 6) is -1.86. The number of fused-ring (bicyclic) bond motifs is 7. The fourth-order valence-electron chi connectivity index (χ4n) is 7.05. The molecule has 2 N–H and O–H groups in total. The number of benzene rings is 2. The van der Waals surface area contributed by atoms with E-state index in [1.165, 1.54) is 0 Å². The zero-order valence-corrected chi connectivity index (χ0v) is 21.0. The van der Waals surface area contributed by atoms with E-state index >= 15 is 0 Å². The largest absolute Gasteiger partial charge is 0.465 e. The number of esters is 1. The predicted octanol–water partition coefficient (Wildman–Crippen LogP) is 3.69. The Morgan fingerprint density at radius 2 is 1.91 bits per heavy atom. The lowest BCUT2D eigenvalue weighted by Crippen LogP contribution is -2.65. The molecule has 10 heteroatoms. The van der Waals surface area contributed by atoms with E-state index in [2.05, 4.69) is 32.6 Å².